The summed E-state index contributed by atoms with van der Waals surface area (Å²) in [5.74, 6) is 0.0751. The summed E-state index contributed by atoms with van der Waals surface area (Å²) in [6.45, 7) is 4.15. The molecule has 0 fully saturated rings. The van der Waals surface area contributed by atoms with Crippen LogP contribution in [0.3, 0.4) is 0 Å². The Morgan fingerprint density at radius 3 is 2.29 bits per heavy atom. The molecule has 0 spiro atoms. The van der Waals surface area contributed by atoms with Crippen molar-refractivity contribution < 1.29 is 8.42 Å². The number of nitrogens with two attached hydrogens (primary N) is 1. The first-order valence-electron chi connectivity index (χ1n) is 5.19. The second-order valence-corrected chi connectivity index (χ2v) is 6.35. The number of nitrogens with one attached hydrogen (secondary N) is 1. The third kappa shape index (κ3) is 4.70. The smallest absolute Gasteiger partial charge is 0.239 e. The predicted octanol–water partition coefficient (Wildman–Crippen LogP) is 1.84. The van der Waals surface area contributed by atoms with Crippen LogP contribution < -0.4 is 10.5 Å². The van der Waals surface area contributed by atoms with Crippen LogP contribution in [-0.2, 0) is 10.0 Å². The Morgan fingerprint density at radius 1 is 1.35 bits per heavy atom. The van der Waals surface area contributed by atoms with Gasteiger partial charge in [0, 0.05) is 5.69 Å². The molecule has 17 heavy (non-hydrogen) atoms. The van der Waals surface area contributed by atoms with Crippen molar-refractivity contribution in [3.63, 3.8) is 0 Å². The topological polar surface area (TPSA) is 72.2 Å². The first kappa shape index (κ1) is 13.9. The van der Waals surface area contributed by atoms with Crippen molar-refractivity contribution in [2.75, 3.05) is 10.5 Å². The van der Waals surface area contributed by atoms with Crippen LogP contribution in [0.4, 0.5) is 5.69 Å². The maximum absolute atomic E-state index is 11.6. The summed E-state index contributed by atoms with van der Waals surface area (Å²) >= 11 is 4.57. The minimum atomic E-state index is -3.48. The molecule has 1 aromatic carbocycles. The molecule has 0 heterocycles. The fourth-order valence-electron chi connectivity index (χ4n) is 1.34. The Kier molecular flexibility index (Phi) is 4.47. The zero-order valence-corrected chi connectivity index (χ0v) is 11.4. The zero-order chi connectivity index (χ0) is 13.1. The van der Waals surface area contributed by atoms with Crippen LogP contribution in [0.1, 0.15) is 25.3 Å². The molecular weight excluding hydrogens is 256 g/mol. The molecule has 6 heteroatoms. The highest BCUT2D eigenvalue weighted by Gasteiger charge is 2.11. The summed E-state index contributed by atoms with van der Waals surface area (Å²) in [6.07, 6.45) is 0. The van der Waals surface area contributed by atoms with E-state index in [0.717, 1.165) is 5.56 Å². The molecule has 0 atom stereocenters. The van der Waals surface area contributed by atoms with Crippen LogP contribution in [0.2, 0.25) is 0 Å². The van der Waals surface area contributed by atoms with Crippen molar-refractivity contribution in [1.82, 2.24) is 0 Å². The van der Waals surface area contributed by atoms with Crippen LogP contribution in [-0.4, -0.2) is 19.2 Å². The van der Waals surface area contributed by atoms with Crippen molar-refractivity contribution in [2.24, 2.45) is 5.73 Å². The van der Waals surface area contributed by atoms with Crippen LogP contribution in [0.15, 0.2) is 24.3 Å². The molecule has 94 valence electrons. The van der Waals surface area contributed by atoms with Gasteiger partial charge in [-0.15, -0.1) is 0 Å². The maximum atomic E-state index is 11.6. The van der Waals surface area contributed by atoms with E-state index >= 15 is 0 Å². The monoisotopic (exact) mass is 272 g/mol. The minimum absolute atomic E-state index is 0.0451. The number of hydrogen-bond donors (Lipinski definition) is 2. The van der Waals surface area contributed by atoms with Crippen molar-refractivity contribution in [3.05, 3.63) is 29.8 Å². The van der Waals surface area contributed by atoms with Gasteiger partial charge in [-0.3, -0.25) is 4.72 Å². The molecular formula is C11H16N2O2S2. The molecule has 0 amide bonds. The van der Waals surface area contributed by atoms with Gasteiger partial charge >= 0.3 is 0 Å². The SMILES string of the molecule is CC(C)c1ccc(NS(=O)(=O)CC(N)=S)cc1. The third-order valence-corrected chi connectivity index (χ3v) is 3.75. The lowest BCUT2D eigenvalue weighted by molar-refractivity contribution is 0.605. The Morgan fingerprint density at radius 2 is 1.88 bits per heavy atom. The number of benzene rings is 1. The highest BCUT2D eigenvalue weighted by atomic mass is 32.2. The number of rotatable bonds is 5. The Bertz CT molecular complexity index is 493. The van der Waals surface area contributed by atoms with Gasteiger partial charge in [0.2, 0.25) is 10.0 Å². The van der Waals surface area contributed by atoms with E-state index in [-0.39, 0.29) is 10.7 Å². The number of sulfonamides is 1. The van der Waals surface area contributed by atoms with E-state index in [9.17, 15) is 8.42 Å². The molecule has 0 unspecified atom stereocenters. The standard InChI is InChI=1S/C11H16N2O2S2/c1-8(2)9-3-5-10(6-4-9)13-17(14,15)7-11(12)16/h3-6,8,13H,7H2,1-2H3,(H2,12,16). The van der Waals surface area contributed by atoms with Gasteiger partial charge in [0.05, 0.1) is 4.99 Å². The molecule has 0 aliphatic carbocycles. The largest absolute Gasteiger partial charge is 0.392 e. The lowest BCUT2D eigenvalue weighted by atomic mass is 10.0. The van der Waals surface area contributed by atoms with Crippen molar-refractivity contribution in [3.8, 4) is 0 Å². The molecule has 1 aromatic rings. The second kappa shape index (κ2) is 5.46. The van der Waals surface area contributed by atoms with E-state index in [1.807, 2.05) is 12.1 Å². The summed E-state index contributed by atoms with van der Waals surface area (Å²) in [5, 5.41) is 0. The Labute approximate surface area is 107 Å². The average molecular weight is 272 g/mol. The number of anilines is 1. The van der Waals surface area contributed by atoms with E-state index in [1.54, 1.807) is 12.1 Å². The predicted molar refractivity (Wildman–Crippen MR) is 74.7 cm³/mol. The van der Waals surface area contributed by atoms with E-state index in [4.69, 9.17) is 5.73 Å². The third-order valence-electron chi connectivity index (χ3n) is 2.18. The molecule has 0 radical (unpaired) electrons. The van der Waals surface area contributed by atoms with Gasteiger partial charge in [-0.1, -0.05) is 38.2 Å². The van der Waals surface area contributed by atoms with Gasteiger partial charge < -0.3 is 5.73 Å². The van der Waals surface area contributed by atoms with Gasteiger partial charge in [-0.05, 0) is 23.6 Å². The fraction of sp³-hybridized carbons (Fsp3) is 0.364. The summed E-state index contributed by atoms with van der Waals surface area (Å²) in [7, 11) is -3.48. The van der Waals surface area contributed by atoms with Gasteiger partial charge in [0.15, 0.2) is 0 Å². The van der Waals surface area contributed by atoms with Gasteiger partial charge in [0.25, 0.3) is 0 Å². The van der Waals surface area contributed by atoms with Crippen LogP contribution in [0.5, 0.6) is 0 Å². The molecule has 1 rings (SSSR count). The summed E-state index contributed by atoms with van der Waals surface area (Å²) in [6, 6.07) is 7.24. The Balaban J connectivity index is 2.79. The summed E-state index contributed by atoms with van der Waals surface area (Å²) in [5.41, 5.74) is 6.88. The fourth-order valence-corrected chi connectivity index (χ4v) is 2.75. The highest BCUT2D eigenvalue weighted by molar-refractivity contribution is 7.95. The zero-order valence-electron chi connectivity index (χ0n) is 9.80. The normalized spacial score (nSPS) is 11.5. The van der Waals surface area contributed by atoms with E-state index in [2.05, 4.69) is 30.8 Å². The first-order valence-corrected chi connectivity index (χ1v) is 7.25. The van der Waals surface area contributed by atoms with Crippen molar-refractivity contribution >= 4 is 32.9 Å². The second-order valence-electron chi connectivity index (χ2n) is 4.10. The molecule has 0 aromatic heterocycles. The molecule has 4 nitrogen and oxygen atoms in total. The van der Waals surface area contributed by atoms with Crippen LogP contribution in [0.25, 0.3) is 0 Å². The van der Waals surface area contributed by atoms with Crippen LogP contribution >= 0.6 is 12.2 Å². The first-order chi connectivity index (χ1) is 7.80. The minimum Gasteiger partial charge on any atom is -0.392 e. The van der Waals surface area contributed by atoms with Gasteiger partial charge in [-0.2, -0.15) is 0 Å². The highest BCUT2D eigenvalue weighted by Crippen LogP contribution is 2.17. The molecule has 0 aliphatic heterocycles. The lowest BCUT2D eigenvalue weighted by Gasteiger charge is -2.09. The molecule has 0 bridgehead atoms. The average Bonchev–Trinajstić information content (AvgIpc) is 2.15. The maximum Gasteiger partial charge on any atom is 0.239 e. The molecule has 0 saturated heterocycles. The van der Waals surface area contributed by atoms with Gasteiger partial charge in [-0.25, -0.2) is 8.42 Å². The summed E-state index contributed by atoms with van der Waals surface area (Å²) in [4.78, 5) is -0.0451. The molecule has 3 N–H and O–H groups in total. The van der Waals surface area contributed by atoms with E-state index in [1.165, 1.54) is 0 Å². The lowest BCUT2D eigenvalue weighted by Crippen LogP contribution is -2.26. The quantitative estimate of drug-likeness (QED) is 0.802. The molecule has 0 saturated carbocycles. The van der Waals surface area contributed by atoms with Gasteiger partial charge in [0.1, 0.15) is 5.75 Å². The Hall–Kier alpha value is -1.14. The van der Waals surface area contributed by atoms with Crippen molar-refractivity contribution in [1.29, 1.82) is 0 Å². The van der Waals surface area contributed by atoms with Crippen molar-refractivity contribution in [2.45, 2.75) is 19.8 Å². The van der Waals surface area contributed by atoms with E-state index in [0.29, 0.717) is 11.6 Å². The summed E-state index contributed by atoms with van der Waals surface area (Å²) < 4.78 is 25.5. The van der Waals surface area contributed by atoms with E-state index < -0.39 is 10.0 Å². The number of hydrogen-bond acceptors (Lipinski definition) is 3. The van der Waals surface area contributed by atoms with Crippen LogP contribution in [0, 0.1) is 0 Å². The number of thiocarbonyl (C=S) groups is 1. The molecule has 0 aliphatic rings.